The second-order valence-corrected chi connectivity index (χ2v) is 6.04. The minimum atomic E-state index is -0.457. The van der Waals surface area contributed by atoms with Gasteiger partial charge in [-0.1, -0.05) is 15.9 Å². The molecule has 0 N–H and O–H groups in total. The molecule has 0 unspecified atom stereocenters. The van der Waals surface area contributed by atoms with Crippen molar-refractivity contribution in [2.75, 3.05) is 7.11 Å². The highest BCUT2D eigenvalue weighted by molar-refractivity contribution is 9.10. The van der Waals surface area contributed by atoms with Gasteiger partial charge in [-0.05, 0) is 45.9 Å². The topological polar surface area (TPSA) is 46.6 Å². The van der Waals surface area contributed by atoms with Gasteiger partial charge in [-0.25, -0.2) is 4.79 Å². The Labute approximate surface area is 128 Å². The number of nitrogens with zero attached hydrogens (tertiary/aromatic N) is 1. The molecular formula is C15H20BrNO3. The fraction of sp³-hybridized carbons (Fsp3) is 0.467. The lowest BCUT2D eigenvalue weighted by Gasteiger charge is -2.31. The Morgan fingerprint density at radius 2 is 1.55 bits per heavy atom. The number of carbonyl (C=O) groups is 2. The fourth-order valence-corrected chi connectivity index (χ4v) is 2.66. The van der Waals surface area contributed by atoms with Gasteiger partial charge in [0, 0.05) is 22.1 Å². The van der Waals surface area contributed by atoms with Crippen LogP contribution in [0, 0.1) is 0 Å². The standard InChI is InChI=1S/C15H20BrNO3/c1-9(2)17(10(3)4)14(18)11-6-12(15(19)20-5)8-13(16)7-11/h6-10H,1-5H3. The number of carbonyl (C=O) groups excluding carboxylic acids is 2. The van der Waals surface area contributed by atoms with Crippen LogP contribution in [0.1, 0.15) is 48.4 Å². The zero-order valence-corrected chi connectivity index (χ0v) is 14.0. The van der Waals surface area contributed by atoms with E-state index in [4.69, 9.17) is 4.74 Å². The number of hydrogen-bond acceptors (Lipinski definition) is 3. The van der Waals surface area contributed by atoms with Crippen LogP contribution < -0.4 is 0 Å². The smallest absolute Gasteiger partial charge is 0.337 e. The second-order valence-electron chi connectivity index (χ2n) is 5.12. The van der Waals surface area contributed by atoms with Gasteiger partial charge in [0.1, 0.15) is 0 Å². The lowest BCUT2D eigenvalue weighted by atomic mass is 10.1. The van der Waals surface area contributed by atoms with Crippen LogP contribution in [-0.4, -0.2) is 36.0 Å². The van der Waals surface area contributed by atoms with Gasteiger partial charge in [0.05, 0.1) is 12.7 Å². The lowest BCUT2D eigenvalue weighted by Crippen LogP contribution is -2.42. The van der Waals surface area contributed by atoms with E-state index in [0.29, 0.717) is 15.6 Å². The molecule has 1 aromatic carbocycles. The van der Waals surface area contributed by atoms with Crippen LogP contribution >= 0.6 is 15.9 Å². The highest BCUT2D eigenvalue weighted by atomic mass is 79.9. The molecule has 4 nitrogen and oxygen atoms in total. The first-order valence-electron chi connectivity index (χ1n) is 6.49. The monoisotopic (exact) mass is 341 g/mol. The number of esters is 1. The molecule has 0 fully saturated rings. The van der Waals surface area contributed by atoms with Gasteiger partial charge in [0.2, 0.25) is 0 Å². The summed E-state index contributed by atoms with van der Waals surface area (Å²) < 4.78 is 5.37. The fourth-order valence-electron chi connectivity index (χ4n) is 2.16. The molecule has 0 spiro atoms. The van der Waals surface area contributed by atoms with E-state index in [9.17, 15) is 9.59 Å². The first-order valence-corrected chi connectivity index (χ1v) is 7.28. The Morgan fingerprint density at radius 3 is 2.00 bits per heavy atom. The first-order chi connectivity index (χ1) is 9.27. The zero-order chi connectivity index (χ0) is 15.4. The van der Waals surface area contributed by atoms with Gasteiger partial charge in [-0.3, -0.25) is 4.79 Å². The van der Waals surface area contributed by atoms with E-state index < -0.39 is 5.97 Å². The third-order valence-corrected chi connectivity index (χ3v) is 3.37. The van der Waals surface area contributed by atoms with E-state index in [1.54, 1.807) is 23.1 Å². The first kappa shape index (κ1) is 16.7. The summed E-state index contributed by atoms with van der Waals surface area (Å²) in [5.74, 6) is -0.553. The van der Waals surface area contributed by atoms with Crippen molar-refractivity contribution in [3.63, 3.8) is 0 Å². The summed E-state index contributed by atoms with van der Waals surface area (Å²) in [5, 5.41) is 0. The molecule has 0 aliphatic heterocycles. The van der Waals surface area contributed by atoms with Crippen LogP contribution in [0.15, 0.2) is 22.7 Å². The SMILES string of the molecule is COC(=O)c1cc(Br)cc(C(=O)N(C(C)C)C(C)C)c1. The van der Waals surface area contributed by atoms with Crippen molar-refractivity contribution in [2.24, 2.45) is 0 Å². The zero-order valence-electron chi connectivity index (χ0n) is 12.4. The van der Waals surface area contributed by atoms with Gasteiger partial charge < -0.3 is 9.64 Å². The molecule has 0 aliphatic carbocycles. The quantitative estimate of drug-likeness (QED) is 0.787. The third kappa shape index (κ3) is 3.82. The summed E-state index contributed by atoms with van der Waals surface area (Å²) in [6.07, 6.45) is 0. The maximum absolute atomic E-state index is 12.6. The van der Waals surface area contributed by atoms with Crippen LogP contribution in [0.3, 0.4) is 0 Å². The third-order valence-electron chi connectivity index (χ3n) is 2.91. The van der Waals surface area contributed by atoms with Gasteiger partial charge in [0.15, 0.2) is 0 Å². The van der Waals surface area contributed by atoms with Crippen molar-refractivity contribution in [3.05, 3.63) is 33.8 Å². The Bertz CT molecular complexity index is 504. The molecule has 0 aromatic heterocycles. The number of benzene rings is 1. The Balaban J connectivity index is 3.21. The predicted molar refractivity (Wildman–Crippen MR) is 81.9 cm³/mol. The highest BCUT2D eigenvalue weighted by Gasteiger charge is 2.23. The molecule has 0 aliphatic rings. The maximum atomic E-state index is 12.6. The normalized spacial score (nSPS) is 10.8. The molecule has 1 amide bonds. The van der Waals surface area contributed by atoms with E-state index in [2.05, 4.69) is 15.9 Å². The van der Waals surface area contributed by atoms with E-state index in [-0.39, 0.29) is 18.0 Å². The summed E-state index contributed by atoms with van der Waals surface area (Å²) >= 11 is 3.32. The Kier molecular flexibility index (Phi) is 5.74. The number of halogens is 1. The van der Waals surface area contributed by atoms with Crippen LogP contribution in [0.25, 0.3) is 0 Å². The molecule has 0 atom stereocenters. The lowest BCUT2D eigenvalue weighted by molar-refractivity contribution is 0.0600. The average molecular weight is 342 g/mol. The number of rotatable bonds is 4. The maximum Gasteiger partial charge on any atom is 0.337 e. The molecule has 20 heavy (non-hydrogen) atoms. The Morgan fingerprint density at radius 1 is 1.05 bits per heavy atom. The summed E-state index contributed by atoms with van der Waals surface area (Å²) in [6, 6.07) is 5.09. The van der Waals surface area contributed by atoms with Crippen molar-refractivity contribution >= 4 is 27.8 Å². The number of amides is 1. The average Bonchev–Trinajstić information content (AvgIpc) is 2.36. The number of methoxy groups -OCH3 is 1. The van der Waals surface area contributed by atoms with Crippen molar-refractivity contribution < 1.29 is 14.3 Å². The molecule has 110 valence electrons. The summed E-state index contributed by atoms with van der Waals surface area (Å²) in [4.78, 5) is 26.0. The number of ether oxygens (including phenoxy) is 1. The van der Waals surface area contributed by atoms with Crippen molar-refractivity contribution in [2.45, 2.75) is 39.8 Å². The molecule has 1 aromatic rings. The van der Waals surface area contributed by atoms with Crippen LogP contribution in [0.5, 0.6) is 0 Å². The van der Waals surface area contributed by atoms with Crippen molar-refractivity contribution in [1.29, 1.82) is 0 Å². The molecule has 0 bridgehead atoms. The number of hydrogen-bond donors (Lipinski definition) is 0. The molecule has 0 saturated heterocycles. The van der Waals surface area contributed by atoms with Crippen LogP contribution in [0.4, 0.5) is 0 Å². The molecule has 5 heteroatoms. The van der Waals surface area contributed by atoms with Crippen molar-refractivity contribution in [1.82, 2.24) is 4.90 Å². The molecule has 0 radical (unpaired) electrons. The van der Waals surface area contributed by atoms with Crippen molar-refractivity contribution in [3.8, 4) is 0 Å². The van der Waals surface area contributed by atoms with Gasteiger partial charge in [0.25, 0.3) is 5.91 Å². The van der Waals surface area contributed by atoms with Gasteiger partial charge in [-0.2, -0.15) is 0 Å². The predicted octanol–water partition coefficient (Wildman–Crippen LogP) is 3.49. The van der Waals surface area contributed by atoms with E-state index in [1.165, 1.54) is 7.11 Å². The Hall–Kier alpha value is -1.36. The minimum absolute atomic E-state index is 0.0862. The molecule has 0 saturated carbocycles. The summed E-state index contributed by atoms with van der Waals surface area (Å²) in [6.45, 7) is 7.88. The molecule has 0 heterocycles. The van der Waals surface area contributed by atoms with Gasteiger partial charge in [-0.15, -0.1) is 0 Å². The highest BCUT2D eigenvalue weighted by Crippen LogP contribution is 2.20. The molecular weight excluding hydrogens is 322 g/mol. The van der Waals surface area contributed by atoms with Crippen LogP contribution in [-0.2, 0) is 4.74 Å². The van der Waals surface area contributed by atoms with E-state index in [1.807, 2.05) is 27.7 Å². The van der Waals surface area contributed by atoms with E-state index >= 15 is 0 Å². The largest absolute Gasteiger partial charge is 0.465 e. The summed E-state index contributed by atoms with van der Waals surface area (Å²) in [7, 11) is 1.32. The van der Waals surface area contributed by atoms with Gasteiger partial charge >= 0.3 is 5.97 Å². The minimum Gasteiger partial charge on any atom is -0.465 e. The second kappa shape index (κ2) is 6.88. The summed E-state index contributed by atoms with van der Waals surface area (Å²) in [5.41, 5.74) is 0.833. The molecule has 1 rings (SSSR count). The van der Waals surface area contributed by atoms with E-state index in [0.717, 1.165) is 0 Å². The van der Waals surface area contributed by atoms with Crippen LogP contribution in [0.2, 0.25) is 0 Å².